The van der Waals surface area contributed by atoms with E-state index in [1.165, 1.54) is 0 Å². The van der Waals surface area contributed by atoms with Crippen LogP contribution in [0, 0.1) is 0 Å². The van der Waals surface area contributed by atoms with Crippen LogP contribution in [0.15, 0.2) is 12.2 Å². The van der Waals surface area contributed by atoms with E-state index in [0.717, 1.165) is 38.5 Å². The molecule has 0 aliphatic heterocycles. The molecule has 0 aliphatic rings. The van der Waals surface area contributed by atoms with Crippen molar-refractivity contribution in [3.8, 4) is 0 Å². The first-order chi connectivity index (χ1) is 7.31. The lowest BCUT2D eigenvalue weighted by atomic mass is 10.1. The summed E-state index contributed by atoms with van der Waals surface area (Å²) in [5, 5.41) is 0. The van der Waals surface area contributed by atoms with E-state index < -0.39 is 0 Å². The lowest BCUT2D eigenvalue weighted by molar-refractivity contribution is -0.114. The van der Waals surface area contributed by atoms with Crippen molar-refractivity contribution in [2.75, 3.05) is 11.8 Å². The molecule has 0 saturated heterocycles. The van der Waals surface area contributed by atoms with Gasteiger partial charge < -0.3 is 0 Å². The van der Waals surface area contributed by atoms with Gasteiger partial charge in [-0.1, -0.05) is 12.5 Å². The van der Waals surface area contributed by atoms with Gasteiger partial charge in [0.2, 0.25) is 0 Å². The quantitative estimate of drug-likeness (QED) is 0.321. The van der Waals surface area contributed by atoms with Crippen LogP contribution in [0.4, 0.5) is 0 Å². The van der Waals surface area contributed by atoms with Crippen LogP contribution in [-0.4, -0.2) is 17.5 Å². The van der Waals surface area contributed by atoms with Crippen LogP contribution in [-0.2, 0) is 4.79 Å². The number of halogens is 2. The second-order valence-electron chi connectivity index (χ2n) is 3.55. The first-order valence-corrected chi connectivity index (χ1v) is 6.69. The molecule has 0 unspecified atom stereocenters. The molecule has 0 aromatic rings. The molecule has 0 fully saturated rings. The second kappa shape index (κ2) is 12.1. The van der Waals surface area contributed by atoms with Crippen LogP contribution < -0.4 is 0 Å². The average Bonchev–Trinajstić information content (AvgIpc) is 2.24. The third kappa shape index (κ3) is 11.9. The summed E-state index contributed by atoms with van der Waals surface area (Å²) in [6.45, 7) is 0. The van der Waals surface area contributed by atoms with Crippen LogP contribution in [0.1, 0.15) is 44.9 Å². The van der Waals surface area contributed by atoms with Crippen molar-refractivity contribution < 1.29 is 4.79 Å². The number of allylic oxidation sites excluding steroid dienone is 2. The number of hydrogen-bond donors (Lipinski definition) is 0. The molecule has 15 heavy (non-hydrogen) atoms. The monoisotopic (exact) mass is 250 g/mol. The number of ketones is 1. The van der Waals surface area contributed by atoms with Gasteiger partial charge in [0.1, 0.15) is 0 Å². The predicted octanol–water partition coefficient (Wildman–Crippen LogP) is 4.32. The zero-order valence-corrected chi connectivity index (χ0v) is 10.7. The highest BCUT2D eigenvalue weighted by atomic mass is 35.5. The maximum absolute atomic E-state index is 11.3. The summed E-state index contributed by atoms with van der Waals surface area (Å²) in [5.41, 5.74) is 0. The van der Waals surface area contributed by atoms with Crippen molar-refractivity contribution >= 4 is 29.0 Å². The smallest absolute Gasteiger partial charge is 0.155 e. The van der Waals surface area contributed by atoms with Gasteiger partial charge in [0.05, 0.1) is 0 Å². The lowest BCUT2D eigenvalue weighted by Gasteiger charge is -1.95. The van der Waals surface area contributed by atoms with E-state index in [-0.39, 0.29) is 5.78 Å². The maximum atomic E-state index is 11.3. The third-order valence-electron chi connectivity index (χ3n) is 2.11. The Morgan fingerprint density at radius 2 is 1.60 bits per heavy atom. The van der Waals surface area contributed by atoms with E-state index >= 15 is 0 Å². The Morgan fingerprint density at radius 1 is 0.933 bits per heavy atom. The van der Waals surface area contributed by atoms with E-state index in [0.29, 0.717) is 18.2 Å². The fraction of sp³-hybridized carbons (Fsp3) is 0.750. The zero-order chi connectivity index (χ0) is 11.4. The van der Waals surface area contributed by atoms with Gasteiger partial charge in [-0.3, -0.25) is 4.79 Å². The van der Waals surface area contributed by atoms with Gasteiger partial charge in [0, 0.05) is 18.2 Å². The Morgan fingerprint density at radius 3 is 2.27 bits per heavy atom. The van der Waals surface area contributed by atoms with Gasteiger partial charge in [-0.05, 0) is 38.2 Å². The number of carbonyl (C=O) groups is 1. The number of carbonyl (C=O) groups excluding carboxylic acids is 1. The minimum Gasteiger partial charge on any atom is -0.295 e. The summed E-state index contributed by atoms with van der Waals surface area (Å²) in [6, 6.07) is 0. The van der Waals surface area contributed by atoms with Crippen molar-refractivity contribution in [2.24, 2.45) is 0 Å². The molecule has 88 valence electrons. The molecule has 1 nitrogen and oxygen atoms in total. The van der Waals surface area contributed by atoms with Crippen LogP contribution in [0.5, 0.6) is 0 Å². The Hall–Kier alpha value is -0.0100. The molecule has 0 spiro atoms. The first-order valence-electron chi connectivity index (χ1n) is 5.62. The predicted molar refractivity (Wildman–Crippen MR) is 67.9 cm³/mol. The molecule has 0 radical (unpaired) electrons. The Bertz CT molecular complexity index is 178. The van der Waals surface area contributed by atoms with Gasteiger partial charge in [-0.15, -0.1) is 23.2 Å². The fourth-order valence-corrected chi connectivity index (χ4v) is 1.60. The molecule has 0 rings (SSSR count). The number of alkyl halides is 2. The van der Waals surface area contributed by atoms with E-state index in [1.54, 1.807) is 6.08 Å². The molecule has 0 amide bonds. The van der Waals surface area contributed by atoms with E-state index in [1.807, 2.05) is 6.08 Å². The van der Waals surface area contributed by atoms with Crippen molar-refractivity contribution in [1.29, 1.82) is 0 Å². The summed E-state index contributed by atoms with van der Waals surface area (Å²) in [6.07, 6.45) is 10.4. The molecular formula is C12H20Cl2O. The minimum atomic E-state index is 0.232. The molecule has 0 N–H and O–H groups in total. The van der Waals surface area contributed by atoms with E-state index in [4.69, 9.17) is 23.2 Å². The third-order valence-corrected chi connectivity index (χ3v) is 2.65. The molecular weight excluding hydrogens is 231 g/mol. The molecule has 3 heteroatoms. The molecule has 0 aromatic carbocycles. The number of rotatable bonds is 10. The van der Waals surface area contributed by atoms with E-state index in [9.17, 15) is 4.79 Å². The Labute approximate surface area is 103 Å². The second-order valence-corrected chi connectivity index (χ2v) is 4.31. The minimum absolute atomic E-state index is 0.232. The normalized spacial score (nSPS) is 11.1. The lowest BCUT2D eigenvalue weighted by Crippen LogP contribution is -1.92. The van der Waals surface area contributed by atoms with Crippen LogP contribution in [0.2, 0.25) is 0 Å². The summed E-state index contributed by atoms with van der Waals surface area (Å²) in [5.74, 6) is 1.64. The summed E-state index contributed by atoms with van der Waals surface area (Å²) in [7, 11) is 0. The average molecular weight is 251 g/mol. The fourth-order valence-electron chi connectivity index (χ4n) is 1.23. The van der Waals surface area contributed by atoms with Gasteiger partial charge in [0.15, 0.2) is 5.78 Å². The van der Waals surface area contributed by atoms with Crippen molar-refractivity contribution in [2.45, 2.75) is 44.9 Å². The maximum Gasteiger partial charge on any atom is 0.155 e. The molecule has 0 aliphatic carbocycles. The Kier molecular flexibility index (Phi) is 12.1. The molecule has 0 bridgehead atoms. The van der Waals surface area contributed by atoms with Crippen molar-refractivity contribution in [1.82, 2.24) is 0 Å². The highest BCUT2D eigenvalue weighted by molar-refractivity contribution is 6.18. The number of hydrogen-bond acceptors (Lipinski definition) is 1. The summed E-state index contributed by atoms with van der Waals surface area (Å²) in [4.78, 5) is 11.3. The molecule has 0 aromatic heterocycles. The van der Waals surface area contributed by atoms with Crippen LogP contribution >= 0.6 is 23.2 Å². The van der Waals surface area contributed by atoms with Gasteiger partial charge in [-0.2, -0.15) is 0 Å². The van der Waals surface area contributed by atoms with E-state index in [2.05, 4.69) is 0 Å². The first kappa shape index (κ1) is 15.0. The summed E-state index contributed by atoms with van der Waals surface area (Å²) < 4.78 is 0. The summed E-state index contributed by atoms with van der Waals surface area (Å²) >= 11 is 11.1. The van der Waals surface area contributed by atoms with Crippen LogP contribution in [0.3, 0.4) is 0 Å². The van der Waals surface area contributed by atoms with Gasteiger partial charge >= 0.3 is 0 Å². The number of unbranched alkanes of at least 4 members (excludes halogenated alkanes) is 4. The van der Waals surface area contributed by atoms with Crippen molar-refractivity contribution in [3.63, 3.8) is 0 Å². The highest BCUT2D eigenvalue weighted by Gasteiger charge is 1.95. The standard InChI is InChI=1S/C12H20Cl2O/c13-10-6-2-1-4-8-12(15)9-5-3-7-11-14/h4,8H,1-3,5-7,9-11H2/b8-4+. The van der Waals surface area contributed by atoms with Crippen molar-refractivity contribution in [3.05, 3.63) is 12.2 Å². The van der Waals surface area contributed by atoms with Gasteiger partial charge in [-0.25, -0.2) is 0 Å². The highest BCUT2D eigenvalue weighted by Crippen LogP contribution is 2.03. The largest absolute Gasteiger partial charge is 0.295 e. The topological polar surface area (TPSA) is 17.1 Å². The van der Waals surface area contributed by atoms with Gasteiger partial charge in [0.25, 0.3) is 0 Å². The molecule has 0 saturated carbocycles. The Balaban J connectivity index is 3.31. The SMILES string of the molecule is O=C(/C=C/CCCCCl)CCCCCCl. The zero-order valence-electron chi connectivity index (χ0n) is 9.18. The van der Waals surface area contributed by atoms with Crippen LogP contribution in [0.25, 0.3) is 0 Å². The molecule has 0 heterocycles. The molecule has 0 atom stereocenters.